The summed E-state index contributed by atoms with van der Waals surface area (Å²) in [6.07, 6.45) is 2.34. The lowest BCUT2D eigenvalue weighted by Crippen LogP contribution is -2.45. The van der Waals surface area contributed by atoms with Crippen molar-refractivity contribution in [1.82, 2.24) is 0 Å². The zero-order chi connectivity index (χ0) is 13.3. The molecule has 92 valence electrons. The molecule has 0 amide bonds. The molecule has 5 heteroatoms. The lowest BCUT2D eigenvalue weighted by Gasteiger charge is -2.26. The van der Waals surface area contributed by atoms with E-state index in [-0.39, 0.29) is 12.0 Å². The number of nitro groups is 1. The molecule has 1 N–H and O–H groups in total. The predicted molar refractivity (Wildman–Crippen MR) is 65.5 cm³/mol. The van der Waals surface area contributed by atoms with Gasteiger partial charge in [-0.3, -0.25) is 14.9 Å². The summed E-state index contributed by atoms with van der Waals surface area (Å²) in [6.45, 7) is 3.42. The first-order valence-corrected chi connectivity index (χ1v) is 5.34. The Morgan fingerprint density at radius 2 is 2.11 bits per heavy atom. The minimum Gasteiger partial charge on any atom is -0.372 e. The fourth-order valence-corrected chi connectivity index (χ4v) is 2.05. The third-order valence-corrected chi connectivity index (χ3v) is 2.93. The van der Waals surface area contributed by atoms with Crippen LogP contribution in [0.4, 0.5) is 0 Å². The Bertz CT molecular complexity index is 576. The smallest absolute Gasteiger partial charge is 0.286 e. The monoisotopic (exact) mass is 245 g/mol. The summed E-state index contributed by atoms with van der Waals surface area (Å²) in [5.74, 6) is -0.660. The van der Waals surface area contributed by atoms with E-state index >= 15 is 0 Å². The van der Waals surface area contributed by atoms with Gasteiger partial charge in [0.05, 0.1) is 4.92 Å². The fraction of sp³-hybridized carbons (Fsp3) is 0.154. The molecule has 1 aliphatic carbocycles. The normalized spacial score (nSPS) is 22.1. The molecule has 5 nitrogen and oxygen atoms in total. The summed E-state index contributed by atoms with van der Waals surface area (Å²) in [5, 5.41) is 21.3. The molecule has 1 aromatic carbocycles. The zero-order valence-electron chi connectivity index (χ0n) is 9.50. The standard InChI is InChI=1S/C13H11NO4/c1-2-7-13(16)11(14(17)18)8-9-5-3-4-6-10(9)12(13)15/h2-6,8,16H,1,7H2. The van der Waals surface area contributed by atoms with Crippen molar-refractivity contribution in [2.45, 2.75) is 12.0 Å². The molecular weight excluding hydrogens is 234 g/mol. The number of carbonyl (C=O) groups excluding carboxylic acids is 1. The predicted octanol–water partition coefficient (Wildman–Crippen LogP) is 1.81. The van der Waals surface area contributed by atoms with Crippen LogP contribution in [0, 0.1) is 10.1 Å². The van der Waals surface area contributed by atoms with Crippen molar-refractivity contribution in [3.05, 3.63) is 63.9 Å². The number of hydrogen-bond donors (Lipinski definition) is 1. The van der Waals surface area contributed by atoms with Crippen molar-refractivity contribution >= 4 is 11.9 Å². The summed E-state index contributed by atoms with van der Waals surface area (Å²) in [6, 6.07) is 6.47. The maximum atomic E-state index is 12.2. The summed E-state index contributed by atoms with van der Waals surface area (Å²) in [5.41, 5.74) is -1.90. The first kappa shape index (κ1) is 12.2. The number of fused-ring (bicyclic) bond motifs is 1. The van der Waals surface area contributed by atoms with Gasteiger partial charge in [-0.05, 0) is 5.56 Å². The van der Waals surface area contributed by atoms with Gasteiger partial charge in [-0.15, -0.1) is 6.58 Å². The van der Waals surface area contributed by atoms with Gasteiger partial charge < -0.3 is 5.11 Å². The van der Waals surface area contributed by atoms with Gasteiger partial charge in [-0.2, -0.15) is 0 Å². The van der Waals surface area contributed by atoms with Gasteiger partial charge in [0, 0.05) is 18.1 Å². The molecular formula is C13H11NO4. The first-order valence-electron chi connectivity index (χ1n) is 5.34. The maximum absolute atomic E-state index is 12.2. The largest absolute Gasteiger partial charge is 0.372 e. The minimum atomic E-state index is -2.13. The van der Waals surface area contributed by atoms with Gasteiger partial charge in [0.25, 0.3) is 5.70 Å². The van der Waals surface area contributed by atoms with Crippen molar-refractivity contribution in [2.75, 3.05) is 0 Å². The lowest BCUT2D eigenvalue weighted by atomic mass is 9.80. The van der Waals surface area contributed by atoms with Gasteiger partial charge in [0.15, 0.2) is 0 Å². The summed E-state index contributed by atoms with van der Waals surface area (Å²) < 4.78 is 0. The SMILES string of the molecule is C=CCC1(O)C(=O)c2ccccc2C=C1[N+](=O)[O-]. The Morgan fingerprint density at radius 1 is 1.44 bits per heavy atom. The molecule has 0 saturated carbocycles. The molecule has 0 spiro atoms. The summed E-state index contributed by atoms with van der Waals surface area (Å²) in [4.78, 5) is 22.5. The van der Waals surface area contributed by atoms with Gasteiger partial charge >= 0.3 is 0 Å². The highest BCUT2D eigenvalue weighted by molar-refractivity contribution is 6.09. The molecule has 0 aromatic heterocycles. The third kappa shape index (κ3) is 1.65. The average Bonchev–Trinajstić information content (AvgIpc) is 2.34. The number of nitrogens with zero attached hydrogens (tertiary/aromatic N) is 1. The van der Waals surface area contributed by atoms with Gasteiger partial charge in [0.2, 0.25) is 11.4 Å². The molecule has 0 radical (unpaired) electrons. The number of aliphatic hydroxyl groups is 1. The third-order valence-electron chi connectivity index (χ3n) is 2.93. The molecule has 1 unspecified atom stereocenters. The minimum absolute atomic E-state index is 0.188. The molecule has 1 aromatic rings. The quantitative estimate of drug-likeness (QED) is 0.500. The van der Waals surface area contributed by atoms with E-state index < -0.39 is 22.0 Å². The molecule has 0 fully saturated rings. The fourth-order valence-electron chi connectivity index (χ4n) is 2.05. The molecule has 18 heavy (non-hydrogen) atoms. The van der Waals surface area contributed by atoms with E-state index in [0.717, 1.165) is 0 Å². The van der Waals surface area contributed by atoms with Crippen LogP contribution in [0.25, 0.3) is 6.08 Å². The van der Waals surface area contributed by atoms with Crippen molar-refractivity contribution in [3.63, 3.8) is 0 Å². The Hall–Kier alpha value is -2.27. The molecule has 1 atom stereocenters. The van der Waals surface area contributed by atoms with Gasteiger partial charge in [0.1, 0.15) is 0 Å². The van der Waals surface area contributed by atoms with Crippen LogP contribution < -0.4 is 0 Å². The maximum Gasteiger partial charge on any atom is 0.286 e. The second-order valence-electron chi connectivity index (χ2n) is 4.06. The Morgan fingerprint density at radius 3 is 2.72 bits per heavy atom. The highest BCUT2D eigenvalue weighted by Crippen LogP contribution is 2.34. The van der Waals surface area contributed by atoms with Crippen LogP contribution in [-0.4, -0.2) is 21.4 Å². The van der Waals surface area contributed by atoms with E-state index in [0.29, 0.717) is 5.56 Å². The number of benzene rings is 1. The summed E-state index contributed by atoms with van der Waals surface area (Å²) in [7, 11) is 0. The Kier molecular flexibility index (Phi) is 2.84. The number of hydrogen-bond acceptors (Lipinski definition) is 4. The van der Waals surface area contributed by atoms with Crippen molar-refractivity contribution in [2.24, 2.45) is 0 Å². The van der Waals surface area contributed by atoms with Crippen molar-refractivity contribution < 1.29 is 14.8 Å². The summed E-state index contributed by atoms with van der Waals surface area (Å²) >= 11 is 0. The highest BCUT2D eigenvalue weighted by atomic mass is 16.6. The topological polar surface area (TPSA) is 80.4 Å². The number of Topliss-reactive ketones (excluding diaryl/α,β-unsaturated/α-hetero) is 1. The van der Waals surface area contributed by atoms with Crippen molar-refractivity contribution in [1.29, 1.82) is 0 Å². The zero-order valence-corrected chi connectivity index (χ0v) is 9.50. The van der Waals surface area contributed by atoms with Crippen LogP contribution in [-0.2, 0) is 0 Å². The molecule has 0 bridgehead atoms. The molecule has 0 aliphatic heterocycles. The average molecular weight is 245 g/mol. The second kappa shape index (κ2) is 4.19. The van der Waals surface area contributed by atoms with Gasteiger partial charge in [-0.1, -0.05) is 30.3 Å². The van der Waals surface area contributed by atoms with Crippen LogP contribution >= 0.6 is 0 Å². The van der Waals surface area contributed by atoms with Gasteiger partial charge in [-0.25, -0.2) is 0 Å². The number of carbonyl (C=O) groups is 1. The van der Waals surface area contributed by atoms with E-state index in [1.807, 2.05) is 0 Å². The van der Waals surface area contributed by atoms with Crippen molar-refractivity contribution in [3.8, 4) is 0 Å². The number of ketones is 1. The first-order chi connectivity index (χ1) is 8.50. The highest BCUT2D eigenvalue weighted by Gasteiger charge is 2.50. The molecule has 0 saturated heterocycles. The lowest BCUT2D eigenvalue weighted by molar-refractivity contribution is -0.439. The van der Waals surface area contributed by atoms with E-state index in [2.05, 4.69) is 6.58 Å². The van der Waals surface area contributed by atoms with E-state index in [1.165, 1.54) is 12.2 Å². The van der Waals surface area contributed by atoms with E-state index in [9.17, 15) is 20.0 Å². The van der Waals surface area contributed by atoms with Crippen LogP contribution in [0.3, 0.4) is 0 Å². The Balaban J connectivity index is 2.68. The molecule has 1 aliphatic rings. The van der Waals surface area contributed by atoms with Crippen LogP contribution in [0.15, 0.2) is 42.6 Å². The molecule has 0 heterocycles. The van der Waals surface area contributed by atoms with Crippen LogP contribution in [0.1, 0.15) is 22.3 Å². The second-order valence-corrected chi connectivity index (χ2v) is 4.06. The van der Waals surface area contributed by atoms with E-state index in [1.54, 1.807) is 24.3 Å². The van der Waals surface area contributed by atoms with Crippen LogP contribution in [0.2, 0.25) is 0 Å². The molecule has 2 rings (SSSR count). The van der Waals surface area contributed by atoms with Crippen LogP contribution in [0.5, 0.6) is 0 Å². The van der Waals surface area contributed by atoms with E-state index in [4.69, 9.17) is 0 Å². The number of rotatable bonds is 3. The Labute approximate surface area is 103 Å².